The summed E-state index contributed by atoms with van der Waals surface area (Å²) in [4.78, 5) is 31.0. The van der Waals surface area contributed by atoms with Crippen LogP contribution in [0.5, 0.6) is 0 Å². The fourth-order valence-electron chi connectivity index (χ4n) is 6.36. The number of fused-ring (bicyclic) bond motifs is 1. The molecule has 0 radical (unpaired) electrons. The first-order valence-corrected chi connectivity index (χ1v) is 14.8. The molecule has 2 aliphatic carbocycles. The maximum atomic E-state index is 13.0. The van der Waals surface area contributed by atoms with Crippen molar-refractivity contribution in [3.63, 3.8) is 0 Å². The molecule has 2 heterocycles. The Morgan fingerprint density at radius 1 is 1.09 bits per heavy atom. The number of aromatic amines is 1. The zero-order valence-electron chi connectivity index (χ0n) is 21.3. The van der Waals surface area contributed by atoms with E-state index >= 15 is 0 Å². The van der Waals surface area contributed by atoms with Gasteiger partial charge >= 0.3 is 5.69 Å². The largest absolute Gasteiger partial charge is 0.326 e. The minimum Gasteiger partial charge on any atom is -0.309 e. The minimum absolute atomic E-state index is 0.0627. The van der Waals surface area contributed by atoms with Crippen LogP contribution in [-0.2, 0) is 14.6 Å². The van der Waals surface area contributed by atoms with E-state index in [1.807, 2.05) is 11.5 Å². The van der Waals surface area contributed by atoms with Crippen LogP contribution in [-0.4, -0.2) is 59.8 Å². The third-order valence-corrected chi connectivity index (χ3v) is 10.1. The third kappa shape index (κ3) is 5.13. The summed E-state index contributed by atoms with van der Waals surface area (Å²) in [6.07, 6.45) is 10.7. The number of nitrogens with one attached hydrogen (secondary N) is 1. The number of aromatic nitrogens is 2. The molecule has 1 saturated heterocycles. The standard InChI is InChI=1S/C26H41N3O4S/c1-17-23(34(5,32)33)11-10-21-24(17)27-25(31)29(21)20-12-14-28(15-13-20)16-22(30)18-6-8-19(9-7-18)26(2,3)4/h10-11,17-20,23H,6-9,12-16H2,1-5H3,(H,27,31)/t17-,18?,19?,23+/m1/s1. The highest BCUT2D eigenvalue weighted by molar-refractivity contribution is 7.91. The van der Waals surface area contributed by atoms with Crippen LogP contribution < -0.4 is 5.69 Å². The fraction of sp³-hybridized carbons (Fsp3) is 0.769. The van der Waals surface area contributed by atoms with Crippen molar-refractivity contribution < 1.29 is 13.2 Å². The minimum atomic E-state index is -3.24. The lowest BCUT2D eigenvalue weighted by Crippen LogP contribution is -2.41. The molecule has 190 valence electrons. The summed E-state index contributed by atoms with van der Waals surface area (Å²) < 4.78 is 26.0. The summed E-state index contributed by atoms with van der Waals surface area (Å²) in [6.45, 7) is 10.9. The normalized spacial score (nSPS) is 29.2. The van der Waals surface area contributed by atoms with Crippen LogP contribution in [0.3, 0.4) is 0 Å². The lowest BCUT2D eigenvalue weighted by Gasteiger charge is -2.37. The number of H-pyrrole nitrogens is 1. The zero-order valence-corrected chi connectivity index (χ0v) is 22.2. The molecule has 0 spiro atoms. The van der Waals surface area contributed by atoms with Crippen molar-refractivity contribution in [3.05, 3.63) is 27.9 Å². The van der Waals surface area contributed by atoms with Crippen LogP contribution in [0.2, 0.25) is 0 Å². The molecule has 0 bridgehead atoms. The molecule has 1 aromatic rings. The molecule has 0 amide bonds. The number of sulfone groups is 1. The molecule has 7 nitrogen and oxygen atoms in total. The Labute approximate surface area is 203 Å². The molecule has 1 N–H and O–H groups in total. The van der Waals surface area contributed by atoms with Gasteiger partial charge in [0, 0.05) is 42.9 Å². The van der Waals surface area contributed by atoms with E-state index in [1.165, 1.54) is 6.26 Å². The molecular weight excluding hydrogens is 450 g/mol. The fourth-order valence-corrected chi connectivity index (χ4v) is 7.60. The Balaban J connectivity index is 1.35. The second kappa shape index (κ2) is 9.41. The number of rotatable bonds is 5. The van der Waals surface area contributed by atoms with E-state index in [1.54, 1.807) is 12.2 Å². The summed E-state index contributed by atoms with van der Waals surface area (Å²) in [5.74, 6) is 1.01. The summed E-state index contributed by atoms with van der Waals surface area (Å²) in [5.41, 5.74) is 1.68. The molecule has 1 saturated carbocycles. The van der Waals surface area contributed by atoms with Gasteiger partial charge in [0.05, 0.1) is 17.5 Å². The van der Waals surface area contributed by atoms with E-state index in [0.717, 1.165) is 57.3 Å². The highest BCUT2D eigenvalue weighted by Gasteiger charge is 2.36. The van der Waals surface area contributed by atoms with Gasteiger partial charge in [0.25, 0.3) is 0 Å². The van der Waals surface area contributed by atoms with Crippen molar-refractivity contribution in [2.24, 2.45) is 17.3 Å². The maximum Gasteiger partial charge on any atom is 0.326 e. The molecule has 1 aliphatic heterocycles. The first-order valence-electron chi connectivity index (χ1n) is 12.8. The predicted octanol–water partition coefficient (Wildman–Crippen LogP) is 3.78. The number of nitrogens with zero attached hydrogens (tertiary/aromatic N) is 2. The first kappa shape index (κ1) is 25.4. The first-order chi connectivity index (χ1) is 15.9. The van der Waals surface area contributed by atoms with Crippen LogP contribution in [0, 0.1) is 17.3 Å². The number of hydrogen-bond acceptors (Lipinski definition) is 5. The van der Waals surface area contributed by atoms with Crippen molar-refractivity contribution >= 4 is 21.7 Å². The average molecular weight is 492 g/mol. The van der Waals surface area contributed by atoms with Crippen LogP contribution in [0.1, 0.15) is 89.6 Å². The van der Waals surface area contributed by atoms with E-state index in [0.29, 0.717) is 29.4 Å². The van der Waals surface area contributed by atoms with Gasteiger partial charge in [-0.15, -0.1) is 0 Å². The van der Waals surface area contributed by atoms with Gasteiger partial charge in [0.15, 0.2) is 9.84 Å². The SMILES string of the molecule is C[C@H]1c2[nH]c(=O)n(C3CCN(CC(=O)C4CCC(C(C)(C)C)CC4)CC3)c2C=C[C@@H]1S(C)(=O)=O. The Kier molecular flexibility index (Phi) is 7.04. The highest BCUT2D eigenvalue weighted by atomic mass is 32.2. The Morgan fingerprint density at radius 2 is 1.71 bits per heavy atom. The molecular formula is C26H41N3O4S. The summed E-state index contributed by atoms with van der Waals surface area (Å²) in [5, 5.41) is -0.613. The van der Waals surface area contributed by atoms with Gasteiger partial charge in [-0.2, -0.15) is 0 Å². The van der Waals surface area contributed by atoms with Gasteiger partial charge in [0.1, 0.15) is 5.78 Å². The topological polar surface area (TPSA) is 92.2 Å². The number of likely N-dealkylation sites (tertiary alicyclic amines) is 1. The molecule has 8 heteroatoms. The number of hydrogen-bond donors (Lipinski definition) is 1. The second-order valence-electron chi connectivity index (χ2n) is 11.9. The second-order valence-corrected chi connectivity index (χ2v) is 14.1. The van der Waals surface area contributed by atoms with Crippen molar-refractivity contribution in [2.45, 2.75) is 83.4 Å². The van der Waals surface area contributed by atoms with Crippen LogP contribution >= 0.6 is 0 Å². The monoisotopic (exact) mass is 491 g/mol. The molecule has 2 fully saturated rings. The van der Waals surface area contributed by atoms with Gasteiger partial charge in [-0.3, -0.25) is 14.3 Å². The lowest BCUT2D eigenvalue weighted by atomic mass is 9.69. The molecule has 0 aromatic carbocycles. The van der Waals surface area contributed by atoms with Crippen molar-refractivity contribution in [2.75, 3.05) is 25.9 Å². The van der Waals surface area contributed by atoms with Gasteiger partial charge in [-0.1, -0.05) is 33.8 Å². The van der Waals surface area contributed by atoms with Gasteiger partial charge in [0.2, 0.25) is 0 Å². The quantitative estimate of drug-likeness (QED) is 0.677. The summed E-state index contributed by atoms with van der Waals surface area (Å²) in [7, 11) is -3.24. The van der Waals surface area contributed by atoms with E-state index < -0.39 is 15.1 Å². The Bertz CT molecular complexity index is 1090. The van der Waals surface area contributed by atoms with Gasteiger partial charge < -0.3 is 4.98 Å². The van der Waals surface area contributed by atoms with Crippen molar-refractivity contribution in [1.82, 2.24) is 14.5 Å². The van der Waals surface area contributed by atoms with E-state index in [-0.39, 0.29) is 23.6 Å². The number of carbonyl (C=O) groups excluding carboxylic acids is 1. The van der Waals surface area contributed by atoms with Gasteiger partial charge in [-0.25, -0.2) is 13.2 Å². The Hall–Kier alpha value is -1.67. The van der Waals surface area contributed by atoms with Crippen LogP contribution in [0.15, 0.2) is 10.9 Å². The zero-order chi connectivity index (χ0) is 24.8. The molecule has 3 aliphatic rings. The smallest absolute Gasteiger partial charge is 0.309 e. The molecule has 34 heavy (non-hydrogen) atoms. The molecule has 2 atom stereocenters. The number of Topliss-reactive ketones (excluding diaryl/α,β-unsaturated/α-hetero) is 1. The average Bonchev–Trinajstić information content (AvgIpc) is 3.10. The third-order valence-electron chi connectivity index (χ3n) is 8.59. The number of piperidine rings is 1. The number of ketones is 1. The molecule has 1 aromatic heterocycles. The Morgan fingerprint density at radius 3 is 2.26 bits per heavy atom. The van der Waals surface area contributed by atoms with E-state index in [9.17, 15) is 18.0 Å². The van der Waals surface area contributed by atoms with Gasteiger partial charge in [-0.05, 0) is 55.9 Å². The summed E-state index contributed by atoms with van der Waals surface area (Å²) >= 11 is 0. The molecule has 4 rings (SSSR count). The number of imidazole rings is 1. The number of carbonyl (C=O) groups is 1. The lowest BCUT2D eigenvalue weighted by molar-refractivity contribution is -0.125. The molecule has 0 unspecified atom stereocenters. The van der Waals surface area contributed by atoms with E-state index in [2.05, 4.69) is 30.7 Å². The van der Waals surface area contributed by atoms with Crippen molar-refractivity contribution in [1.29, 1.82) is 0 Å². The van der Waals surface area contributed by atoms with Crippen LogP contribution in [0.4, 0.5) is 0 Å². The van der Waals surface area contributed by atoms with E-state index in [4.69, 9.17) is 0 Å². The highest BCUT2D eigenvalue weighted by Crippen LogP contribution is 2.40. The predicted molar refractivity (Wildman–Crippen MR) is 136 cm³/mol. The van der Waals surface area contributed by atoms with Crippen LogP contribution in [0.25, 0.3) is 6.08 Å². The summed E-state index contributed by atoms with van der Waals surface area (Å²) in [6, 6.07) is 0.0627. The maximum absolute atomic E-state index is 13.0. The van der Waals surface area contributed by atoms with Crippen molar-refractivity contribution in [3.8, 4) is 0 Å².